The molecule has 170 valence electrons. The van der Waals surface area contributed by atoms with E-state index >= 15 is 0 Å². The third kappa shape index (κ3) is 5.38. The number of rotatable bonds is 9. The Morgan fingerprint density at radius 2 is 1.82 bits per heavy atom. The fourth-order valence-corrected chi connectivity index (χ4v) is 4.06. The first-order valence-corrected chi connectivity index (χ1v) is 11.2. The van der Waals surface area contributed by atoms with Gasteiger partial charge in [0.15, 0.2) is 11.0 Å². The number of furan rings is 1. The molecular weight excluding hydrogens is 440 g/mol. The van der Waals surface area contributed by atoms with Crippen LogP contribution in [-0.4, -0.2) is 40.1 Å². The van der Waals surface area contributed by atoms with Crippen LogP contribution in [0.15, 0.2) is 76.5 Å². The number of hydrogen-bond donors (Lipinski definition) is 1. The van der Waals surface area contributed by atoms with E-state index in [9.17, 15) is 4.79 Å². The zero-order valence-electron chi connectivity index (χ0n) is 18.5. The molecule has 2 aromatic heterocycles. The average Bonchev–Trinajstić information content (AvgIpc) is 3.50. The molecule has 0 radical (unpaired) electrons. The normalized spacial score (nSPS) is 11.7. The highest BCUT2D eigenvalue weighted by atomic mass is 32.2. The Morgan fingerprint density at radius 1 is 1.06 bits per heavy atom. The summed E-state index contributed by atoms with van der Waals surface area (Å²) in [6, 6.07) is 18.6. The summed E-state index contributed by atoms with van der Waals surface area (Å²) in [6.45, 7) is 2.26. The number of methoxy groups -OCH3 is 2. The van der Waals surface area contributed by atoms with Crippen molar-refractivity contribution in [2.75, 3.05) is 19.5 Å². The SMILES string of the molecule is COc1cccc(NC(=O)C(C)Sc2nnc(-c3cccc(OC)c3)n2Cc2ccco2)c1. The lowest BCUT2D eigenvalue weighted by Crippen LogP contribution is -2.23. The van der Waals surface area contributed by atoms with Crippen molar-refractivity contribution in [2.24, 2.45) is 0 Å². The van der Waals surface area contributed by atoms with Gasteiger partial charge in [-0.05, 0) is 43.3 Å². The molecule has 9 heteroatoms. The Kier molecular flexibility index (Phi) is 6.99. The molecule has 0 aliphatic heterocycles. The molecule has 2 heterocycles. The van der Waals surface area contributed by atoms with Gasteiger partial charge in [0.1, 0.15) is 17.3 Å². The van der Waals surface area contributed by atoms with Gasteiger partial charge in [-0.2, -0.15) is 0 Å². The van der Waals surface area contributed by atoms with Gasteiger partial charge in [0.2, 0.25) is 5.91 Å². The molecule has 1 N–H and O–H groups in total. The standard InChI is InChI=1S/C24H24N4O4S/c1-16(23(29)25-18-8-5-10-20(14-18)31-3)33-24-27-26-22(17-7-4-9-19(13-17)30-2)28(24)15-21-11-6-12-32-21/h4-14,16H,15H2,1-3H3,(H,25,29). The van der Waals surface area contributed by atoms with Crippen LogP contribution in [0.5, 0.6) is 11.5 Å². The molecule has 2 aromatic carbocycles. The second-order valence-corrected chi connectivity index (χ2v) is 8.49. The summed E-state index contributed by atoms with van der Waals surface area (Å²) < 4.78 is 18.1. The number of thioether (sulfide) groups is 1. The number of anilines is 1. The largest absolute Gasteiger partial charge is 0.497 e. The number of hydrogen-bond acceptors (Lipinski definition) is 7. The van der Waals surface area contributed by atoms with Crippen molar-refractivity contribution >= 4 is 23.4 Å². The van der Waals surface area contributed by atoms with Gasteiger partial charge >= 0.3 is 0 Å². The number of nitrogens with zero attached hydrogens (tertiary/aromatic N) is 3. The van der Waals surface area contributed by atoms with Crippen molar-refractivity contribution in [3.05, 3.63) is 72.7 Å². The maximum absolute atomic E-state index is 12.8. The molecule has 1 unspecified atom stereocenters. The Bertz CT molecular complexity index is 1220. The molecular formula is C24H24N4O4S. The second kappa shape index (κ2) is 10.3. The number of aromatic nitrogens is 3. The Morgan fingerprint density at radius 3 is 2.55 bits per heavy atom. The Labute approximate surface area is 195 Å². The van der Waals surface area contributed by atoms with Crippen molar-refractivity contribution in [1.29, 1.82) is 0 Å². The van der Waals surface area contributed by atoms with Crippen molar-refractivity contribution < 1.29 is 18.7 Å². The number of ether oxygens (including phenoxy) is 2. The molecule has 1 atom stereocenters. The van der Waals surface area contributed by atoms with Crippen molar-refractivity contribution in [3.63, 3.8) is 0 Å². The summed E-state index contributed by atoms with van der Waals surface area (Å²) in [5.74, 6) is 2.67. The van der Waals surface area contributed by atoms with Crippen LogP contribution in [0.2, 0.25) is 0 Å². The third-order valence-corrected chi connectivity index (χ3v) is 6.01. The van der Waals surface area contributed by atoms with Crippen LogP contribution >= 0.6 is 11.8 Å². The first kappa shape index (κ1) is 22.5. The Balaban J connectivity index is 1.58. The molecule has 0 spiro atoms. The van der Waals surface area contributed by atoms with Gasteiger partial charge in [-0.1, -0.05) is 30.0 Å². The van der Waals surface area contributed by atoms with E-state index in [4.69, 9.17) is 13.9 Å². The van der Waals surface area contributed by atoms with Crippen LogP contribution in [0.1, 0.15) is 12.7 Å². The van der Waals surface area contributed by atoms with Gasteiger partial charge in [0.05, 0.1) is 32.3 Å². The Hall–Kier alpha value is -3.72. The summed E-state index contributed by atoms with van der Waals surface area (Å²) in [6.07, 6.45) is 1.63. The molecule has 1 amide bonds. The van der Waals surface area contributed by atoms with Crippen molar-refractivity contribution in [3.8, 4) is 22.9 Å². The van der Waals surface area contributed by atoms with E-state index in [0.29, 0.717) is 29.0 Å². The zero-order valence-corrected chi connectivity index (χ0v) is 19.3. The fraction of sp³-hybridized carbons (Fsp3) is 0.208. The first-order chi connectivity index (χ1) is 16.1. The van der Waals surface area contributed by atoms with Gasteiger partial charge in [-0.15, -0.1) is 10.2 Å². The predicted molar refractivity (Wildman–Crippen MR) is 127 cm³/mol. The van der Waals surface area contributed by atoms with E-state index in [1.165, 1.54) is 11.8 Å². The quantitative estimate of drug-likeness (QED) is 0.358. The average molecular weight is 465 g/mol. The van der Waals surface area contributed by atoms with Crippen LogP contribution in [0, 0.1) is 0 Å². The van der Waals surface area contributed by atoms with Crippen LogP contribution in [0.25, 0.3) is 11.4 Å². The topological polar surface area (TPSA) is 91.4 Å². The van der Waals surface area contributed by atoms with Gasteiger partial charge in [-0.25, -0.2) is 0 Å². The lowest BCUT2D eigenvalue weighted by Gasteiger charge is -2.14. The van der Waals surface area contributed by atoms with Crippen LogP contribution in [0.4, 0.5) is 5.69 Å². The highest BCUT2D eigenvalue weighted by molar-refractivity contribution is 8.00. The van der Waals surface area contributed by atoms with E-state index in [-0.39, 0.29) is 5.91 Å². The molecule has 8 nitrogen and oxygen atoms in total. The zero-order chi connectivity index (χ0) is 23.2. The molecule has 33 heavy (non-hydrogen) atoms. The minimum absolute atomic E-state index is 0.149. The highest BCUT2D eigenvalue weighted by Gasteiger charge is 2.22. The minimum Gasteiger partial charge on any atom is -0.497 e. The molecule has 0 saturated heterocycles. The van der Waals surface area contributed by atoms with E-state index < -0.39 is 5.25 Å². The second-order valence-electron chi connectivity index (χ2n) is 7.18. The first-order valence-electron chi connectivity index (χ1n) is 10.3. The predicted octanol–water partition coefficient (Wildman–Crippen LogP) is 4.72. The van der Waals surface area contributed by atoms with Gasteiger partial charge in [0, 0.05) is 17.3 Å². The van der Waals surface area contributed by atoms with E-state index in [2.05, 4.69) is 15.5 Å². The lowest BCUT2D eigenvalue weighted by atomic mass is 10.2. The number of carbonyl (C=O) groups is 1. The summed E-state index contributed by atoms with van der Waals surface area (Å²) in [5, 5.41) is 11.9. The monoisotopic (exact) mass is 464 g/mol. The molecule has 0 bridgehead atoms. The molecule has 0 aliphatic carbocycles. The smallest absolute Gasteiger partial charge is 0.237 e. The fourth-order valence-electron chi connectivity index (χ4n) is 3.21. The molecule has 0 saturated carbocycles. The number of amides is 1. The summed E-state index contributed by atoms with van der Waals surface area (Å²) in [4.78, 5) is 12.8. The van der Waals surface area contributed by atoms with Gasteiger partial charge in [0.25, 0.3) is 0 Å². The third-order valence-electron chi connectivity index (χ3n) is 4.93. The summed E-state index contributed by atoms with van der Waals surface area (Å²) in [5.41, 5.74) is 1.52. The summed E-state index contributed by atoms with van der Waals surface area (Å²) >= 11 is 1.33. The van der Waals surface area contributed by atoms with E-state index in [1.54, 1.807) is 26.5 Å². The highest BCUT2D eigenvalue weighted by Crippen LogP contribution is 2.30. The minimum atomic E-state index is -0.422. The number of carbonyl (C=O) groups excluding carboxylic acids is 1. The number of benzene rings is 2. The molecule has 0 aliphatic rings. The van der Waals surface area contributed by atoms with Crippen LogP contribution in [0.3, 0.4) is 0 Å². The van der Waals surface area contributed by atoms with Crippen LogP contribution < -0.4 is 14.8 Å². The van der Waals surface area contributed by atoms with Gasteiger partial charge in [-0.3, -0.25) is 9.36 Å². The number of nitrogens with one attached hydrogen (secondary N) is 1. The maximum atomic E-state index is 12.8. The molecule has 4 rings (SSSR count). The van der Waals surface area contributed by atoms with Gasteiger partial charge < -0.3 is 19.2 Å². The maximum Gasteiger partial charge on any atom is 0.237 e. The van der Waals surface area contributed by atoms with Crippen LogP contribution in [-0.2, 0) is 11.3 Å². The van der Waals surface area contributed by atoms with Crippen molar-refractivity contribution in [1.82, 2.24) is 14.8 Å². The molecule has 0 fully saturated rings. The summed E-state index contributed by atoms with van der Waals surface area (Å²) in [7, 11) is 3.21. The van der Waals surface area contributed by atoms with E-state index in [0.717, 1.165) is 17.1 Å². The molecule has 4 aromatic rings. The van der Waals surface area contributed by atoms with Crippen molar-refractivity contribution in [2.45, 2.75) is 23.9 Å². The van der Waals surface area contributed by atoms with E-state index in [1.807, 2.05) is 66.1 Å². The lowest BCUT2D eigenvalue weighted by molar-refractivity contribution is -0.115.